The van der Waals surface area contributed by atoms with Crippen molar-refractivity contribution in [3.63, 3.8) is 0 Å². The fraction of sp³-hybridized carbons (Fsp3) is 0.571. The Balaban J connectivity index is 3.25. The van der Waals surface area contributed by atoms with Gasteiger partial charge in [-0.05, 0) is 26.5 Å². The van der Waals surface area contributed by atoms with Crippen LogP contribution in [0.1, 0.15) is 31.9 Å². The highest BCUT2D eigenvalue weighted by Crippen LogP contribution is 2.35. The highest BCUT2D eigenvalue weighted by molar-refractivity contribution is 5.34. The predicted molar refractivity (Wildman–Crippen MR) is 70.5 cm³/mol. The lowest BCUT2D eigenvalue weighted by Crippen LogP contribution is -2.41. The summed E-state index contributed by atoms with van der Waals surface area (Å²) in [4.78, 5) is 0. The zero-order valence-corrected chi connectivity index (χ0v) is 11.7. The molecule has 0 heterocycles. The summed E-state index contributed by atoms with van der Waals surface area (Å²) in [6.45, 7) is 3.99. The van der Waals surface area contributed by atoms with Gasteiger partial charge >= 0.3 is 0 Å². The molecule has 0 aliphatic carbocycles. The number of hydrogen-bond acceptors (Lipinski definition) is 3. The average Bonchev–Trinajstić information content (AvgIpc) is 2.41. The number of halogens is 1. The molecule has 1 aromatic carbocycles. The van der Waals surface area contributed by atoms with E-state index in [0.29, 0.717) is 5.56 Å². The molecule has 0 spiro atoms. The fourth-order valence-corrected chi connectivity index (χ4v) is 2.16. The zero-order chi connectivity index (χ0) is 13.8. The molecule has 102 valence electrons. The number of rotatable bonds is 6. The minimum atomic E-state index is -0.470. The van der Waals surface area contributed by atoms with Crippen LogP contribution in [0.15, 0.2) is 18.2 Å². The Kier molecular flexibility index (Phi) is 5.11. The van der Waals surface area contributed by atoms with Crippen LogP contribution in [0.2, 0.25) is 0 Å². The van der Waals surface area contributed by atoms with Crippen LogP contribution in [0.4, 0.5) is 4.39 Å². The standard InChI is InChI=1S/C14H22FNO2/c1-6-14(2,18-5)13(16-3)10-8-7-9-11(17-4)12(10)15/h7-9,13,16H,6H2,1-5H3. The van der Waals surface area contributed by atoms with E-state index in [0.717, 1.165) is 6.42 Å². The van der Waals surface area contributed by atoms with Crippen molar-refractivity contribution in [2.45, 2.75) is 31.9 Å². The minimum absolute atomic E-state index is 0.234. The fourth-order valence-electron chi connectivity index (χ4n) is 2.16. The van der Waals surface area contributed by atoms with Crippen LogP contribution in [0.5, 0.6) is 5.75 Å². The number of nitrogens with one attached hydrogen (secondary N) is 1. The summed E-state index contributed by atoms with van der Waals surface area (Å²) >= 11 is 0. The van der Waals surface area contributed by atoms with Gasteiger partial charge in [0.25, 0.3) is 0 Å². The Hall–Kier alpha value is -1.13. The van der Waals surface area contributed by atoms with Gasteiger partial charge in [0.2, 0.25) is 0 Å². The molecule has 0 radical (unpaired) electrons. The quantitative estimate of drug-likeness (QED) is 0.847. The van der Waals surface area contributed by atoms with Crippen molar-refractivity contribution in [3.05, 3.63) is 29.6 Å². The van der Waals surface area contributed by atoms with E-state index in [-0.39, 0.29) is 17.6 Å². The summed E-state index contributed by atoms with van der Waals surface area (Å²) < 4.78 is 24.9. The number of ether oxygens (including phenoxy) is 2. The first-order chi connectivity index (χ1) is 8.53. The molecule has 1 N–H and O–H groups in total. The first-order valence-electron chi connectivity index (χ1n) is 6.08. The molecule has 0 bridgehead atoms. The van der Waals surface area contributed by atoms with Crippen molar-refractivity contribution >= 4 is 0 Å². The van der Waals surface area contributed by atoms with Gasteiger partial charge < -0.3 is 14.8 Å². The lowest BCUT2D eigenvalue weighted by molar-refractivity contribution is -0.0289. The second-order valence-corrected chi connectivity index (χ2v) is 4.46. The molecule has 0 aliphatic rings. The topological polar surface area (TPSA) is 30.5 Å². The van der Waals surface area contributed by atoms with Crippen LogP contribution in [-0.4, -0.2) is 26.9 Å². The Bertz CT molecular complexity index is 391. The van der Waals surface area contributed by atoms with Gasteiger partial charge in [-0.15, -0.1) is 0 Å². The van der Waals surface area contributed by atoms with E-state index in [2.05, 4.69) is 5.32 Å². The number of hydrogen-bond donors (Lipinski definition) is 1. The second-order valence-electron chi connectivity index (χ2n) is 4.46. The molecular weight excluding hydrogens is 233 g/mol. The van der Waals surface area contributed by atoms with Crippen LogP contribution in [0, 0.1) is 5.82 Å². The zero-order valence-electron chi connectivity index (χ0n) is 11.7. The average molecular weight is 255 g/mol. The molecule has 0 amide bonds. The van der Waals surface area contributed by atoms with E-state index < -0.39 is 5.60 Å². The van der Waals surface area contributed by atoms with E-state index in [9.17, 15) is 4.39 Å². The normalized spacial score (nSPS) is 16.1. The molecule has 2 atom stereocenters. The molecule has 0 aromatic heterocycles. The van der Waals surface area contributed by atoms with Crippen molar-refractivity contribution in [2.75, 3.05) is 21.3 Å². The maximum absolute atomic E-state index is 14.3. The van der Waals surface area contributed by atoms with Crippen molar-refractivity contribution in [2.24, 2.45) is 0 Å². The monoisotopic (exact) mass is 255 g/mol. The number of methoxy groups -OCH3 is 2. The molecule has 0 saturated carbocycles. The number of likely N-dealkylation sites (N-methyl/N-ethyl adjacent to an activating group) is 1. The molecule has 2 unspecified atom stereocenters. The van der Waals surface area contributed by atoms with Crippen molar-refractivity contribution in [1.82, 2.24) is 5.32 Å². The molecule has 0 aliphatic heterocycles. The summed E-state index contributed by atoms with van der Waals surface area (Å²) in [5.41, 5.74) is 0.0881. The first-order valence-corrected chi connectivity index (χ1v) is 6.08. The molecule has 1 rings (SSSR count). The highest BCUT2D eigenvalue weighted by atomic mass is 19.1. The lowest BCUT2D eigenvalue weighted by atomic mass is 9.87. The number of benzene rings is 1. The molecule has 4 heteroatoms. The van der Waals surface area contributed by atoms with Gasteiger partial charge in [0.15, 0.2) is 11.6 Å². The van der Waals surface area contributed by atoms with Gasteiger partial charge in [-0.3, -0.25) is 0 Å². The Morgan fingerprint density at radius 1 is 1.39 bits per heavy atom. The van der Waals surface area contributed by atoms with Gasteiger partial charge in [0.1, 0.15) is 0 Å². The summed E-state index contributed by atoms with van der Waals surface area (Å²) in [5, 5.41) is 3.13. The third kappa shape index (κ3) is 2.65. The Morgan fingerprint density at radius 3 is 2.50 bits per heavy atom. The second kappa shape index (κ2) is 6.16. The molecule has 0 saturated heterocycles. The minimum Gasteiger partial charge on any atom is -0.494 e. The lowest BCUT2D eigenvalue weighted by Gasteiger charge is -2.36. The maximum atomic E-state index is 14.3. The van der Waals surface area contributed by atoms with Crippen molar-refractivity contribution in [1.29, 1.82) is 0 Å². The largest absolute Gasteiger partial charge is 0.494 e. The third-order valence-corrected chi connectivity index (χ3v) is 3.59. The molecule has 1 aromatic rings. The SMILES string of the molecule is CCC(C)(OC)C(NC)c1cccc(OC)c1F. The van der Waals surface area contributed by atoms with Gasteiger partial charge in [0, 0.05) is 12.7 Å². The Labute approximate surface area is 108 Å². The van der Waals surface area contributed by atoms with E-state index >= 15 is 0 Å². The first kappa shape index (κ1) is 14.9. The smallest absolute Gasteiger partial charge is 0.169 e. The van der Waals surface area contributed by atoms with E-state index in [4.69, 9.17) is 9.47 Å². The van der Waals surface area contributed by atoms with E-state index in [1.807, 2.05) is 13.8 Å². The van der Waals surface area contributed by atoms with E-state index in [1.54, 1.807) is 32.4 Å². The van der Waals surface area contributed by atoms with Gasteiger partial charge in [-0.2, -0.15) is 0 Å². The summed E-state index contributed by atoms with van der Waals surface area (Å²) in [6, 6.07) is 4.92. The van der Waals surface area contributed by atoms with Crippen LogP contribution >= 0.6 is 0 Å². The van der Waals surface area contributed by atoms with Gasteiger partial charge in [0.05, 0.1) is 18.8 Å². The van der Waals surface area contributed by atoms with Crippen molar-refractivity contribution < 1.29 is 13.9 Å². The van der Waals surface area contributed by atoms with Gasteiger partial charge in [-0.25, -0.2) is 4.39 Å². The summed E-state index contributed by atoms with van der Waals surface area (Å²) in [5.74, 6) is -0.0848. The molecule has 18 heavy (non-hydrogen) atoms. The van der Waals surface area contributed by atoms with Gasteiger partial charge in [-0.1, -0.05) is 19.1 Å². The van der Waals surface area contributed by atoms with Crippen LogP contribution in [0.3, 0.4) is 0 Å². The summed E-state index contributed by atoms with van der Waals surface area (Å²) in [7, 11) is 4.91. The molecule has 3 nitrogen and oxygen atoms in total. The maximum Gasteiger partial charge on any atom is 0.169 e. The van der Waals surface area contributed by atoms with Crippen LogP contribution in [0.25, 0.3) is 0 Å². The van der Waals surface area contributed by atoms with E-state index in [1.165, 1.54) is 7.11 Å². The Morgan fingerprint density at radius 2 is 2.06 bits per heavy atom. The molecule has 0 fully saturated rings. The highest BCUT2D eigenvalue weighted by Gasteiger charge is 2.35. The molecular formula is C14H22FNO2. The van der Waals surface area contributed by atoms with Crippen LogP contribution in [-0.2, 0) is 4.74 Å². The van der Waals surface area contributed by atoms with Crippen molar-refractivity contribution in [3.8, 4) is 5.75 Å². The van der Waals surface area contributed by atoms with Crippen LogP contribution < -0.4 is 10.1 Å². The third-order valence-electron chi connectivity index (χ3n) is 3.59. The predicted octanol–water partition coefficient (Wildman–Crippen LogP) is 2.91. The summed E-state index contributed by atoms with van der Waals surface area (Å²) in [6.07, 6.45) is 0.770.